The number of unbranched alkanes of at least 4 members (excludes halogenated alkanes) is 1. The average molecular weight is 417 g/mol. The standard InChI is InChI=1S/C26H21F2NO2/c1-2-3-12-31-21-8-4-17(5-9-21)22-10-6-18(13-24(22)28)26-14-19(16-30)23-15-20(27)7-11-25(23)29-26/h4-11,13-16H,2-3,12H2,1H3. The number of aldehydes is 1. The number of fused-ring (bicyclic) bond motifs is 1. The smallest absolute Gasteiger partial charge is 0.150 e. The molecular weight excluding hydrogens is 396 g/mol. The summed E-state index contributed by atoms with van der Waals surface area (Å²) in [7, 11) is 0. The number of rotatable bonds is 7. The van der Waals surface area contributed by atoms with Crippen LogP contribution in [0, 0.1) is 11.6 Å². The lowest BCUT2D eigenvalue weighted by atomic mass is 10.00. The molecule has 4 rings (SSSR count). The minimum atomic E-state index is -0.442. The molecule has 0 amide bonds. The first-order chi connectivity index (χ1) is 15.1. The van der Waals surface area contributed by atoms with Crippen LogP contribution >= 0.6 is 0 Å². The van der Waals surface area contributed by atoms with Gasteiger partial charge in [-0.05, 0) is 54.4 Å². The largest absolute Gasteiger partial charge is 0.494 e. The van der Waals surface area contributed by atoms with Crippen LogP contribution in [0.15, 0.2) is 66.7 Å². The first-order valence-corrected chi connectivity index (χ1v) is 10.2. The van der Waals surface area contributed by atoms with Crippen LogP contribution in [-0.2, 0) is 0 Å². The maximum Gasteiger partial charge on any atom is 0.150 e. The highest BCUT2D eigenvalue weighted by molar-refractivity contribution is 5.98. The fraction of sp³-hybridized carbons (Fsp3) is 0.154. The van der Waals surface area contributed by atoms with E-state index in [1.807, 2.05) is 24.3 Å². The van der Waals surface area contributed by atoms with E-state index in [-0.39, 0.29) is 0 Å². The summed E-state index contributed by atoms with van der Waals surface area (Å²) < 4.78 is 34.1. The molecule has 0 aliphatic rings. The van der Waals surface area contributed by atoms with Gasteiger partial charge in [-0.1, -0.05) is 37.6 Å². The fourth-order valence-electron chi connectivity index (χ4n) is 3.44. The number of hydrogen-bond acceptors (Lipinski definition) is 3. The molecule has 156 valence electrons. The Labute approximate surface area is 179 Å². The normalized spacial score (nSPS) is 10.9. The molecule has 1 aromatic heterocycles. The molecular formula is C26H21F2NO2. The quantitative estimate of drug-likeness (QED) is 0.244. The van der Waals surface area contributed by atoms with Crippen molar-refractivity contribution >= 4 is 17.2 Å². The Hall–Kier alpha value is -3.60. The Bertz CT molecular complexity index is 1240. The minimum absolute atomic E-state index is 0.308. The molecule has 5 heteroatoms. The van der Waals surface area contributed by atoms with E-state index in [0.29, 0.717) is 46.2 Å². The summed E-state index contributed by atoms with van der Waals surface area (Å²) in [6.45, 7) is 2.76. The van der Waals surface area contributed by atoms with Crippen LogP contribution in [0.3, 0.4) is 0 Å². The highest BCUT2D eigenvalue weighted by Crippen LogP contribution is 2.30. The molecule has 0 unspecified atom stereocenters. The second kappa shape index (κ2) is 9.04. The van der Waals surface area contributed by atoms with Gasteiger partial charge in [0.2, 0.25) is 0 Å². The molecule has 0 aliphatic carbocycles. The summed E-state index contributed by atoms with van der Waals surface area (Å²) >= 11 is 0. The summed E-state index contributed by atoms with van der Waals surface area (Å²) in [6.07, 6.45) is 2.70. The van der Waals surface area contributed by atoms with E-state index < -0.39 is 11.6 Å². The topological polar surface area (TPSA) is 39.2 Å². The number of ether oxygens (including phenoxy) is 1. The van der Waals surface area contributed by atoms with Crippen LogP contribution in [-0.4, -0.2) is 17.9 Å². The number of halogens is 2. The molecule has 0 N–H and O–H groups in total. The zero-order valence-corrected chi connectivity index (χ0v) is 17.1. The highest BCUT2D eigenvalue weighted by atomic mass is 19.1. The van der Waals surface area contributed by atoms with Gasteiger partial charge in [0.15, 0.2) is 6.29 Å². The number of hydrogen-bond donors (Lipinski definition) is 0. The van der Waals surface area contributed by atoms with E-state index in [1.165, 1.54) is 24.3 Å². The molecule has 0 saturated carbocycles. The van der Waals surface area contributed by atoms with Gasteiger partial charge in [0.25, 0.3) is 0 Å². The summed E-state index contributed by atoms with van der Waals surface area (Å²) in [4.78, 5) is 16.0. The zero-order chi connectivity index (χ0) is 21.8. The van der Waals surface area contributed by atoms with Gasteiger partial charge in [0.05, 0.1) is 17.8 Å². The summed E-state index contributed by atoms with van der Waals surface area (Å²) in [5.74, 6) is -0.0828. The summed E-state index contributed by atoms with van der Waals surface area (Å²) in [6, 6.07) is 17.8. The third kappa shape index (κ3) is 4.45. The van der Waals surface area contributed by atoms with Crippen LogP contribution < -0.4 is 4.74 Å². The number of carbonyl (C=O) groups is 1. The lowest BCUT2D eigenvalue weighted by Crippen LogP contribution is -1.96. The monoisotopic (exact) mass is 417 g/mol. The maximum atomic E-state index is 14.9. The number of aromatic nitrogens is 1. The molecule has 0 atom stereocenters. The van der Waals surface area contributed by atoms with Crippen molar-refractivity contribution in [2.45, 2.75) is 19.8 Å². The van der Waals surface area contributed by atoms with Crippen LogP contribution in [0.25, 0.3) is 33.3 Å². The Balaban J connectivity index is 1.65. The van der Waals surface area contributed by atoms with Gasteiger partial charge in [0, 0.05) is 22.1 Å². The molecule has 1 heterocycles. The van der Waals surface area contributed by atoms with Crippen molar-refractivity contribution in [1.29, 1.82) is 0 Å². The molecule has 3 aromatic carbocycles. The van der Waals surface area contributed by atoms with Crippen molar-refractivity contribution in [2.75, 3.05) is 6.61 Å². The molecule has 0 bridgehead atoms. The maximum absolute atomic E-state index is 14.9. The van der Waals surface area contributed by atoms with Crippen LogP contribution in [0.5, 0.6) is 5.75 Å². The van der Waals surface area contributed by atoms with Gasteiger partial charge in [-0.25, -0.2) is 13.8 Å². The lowest BCUT2D eigenvalue weighted by molar-refractivity contribution is 0.112. The van der Waals surface area contributed by atoms with Crippen LogP contribution in [0.4, 0.5) is 8.78 Å². The SMILES string of the molecule is CCCCOc1ccc(-c2ccc(-c3cc(C=O)c4cc(F)ccc4n3)cc2F)cc1. The van der Waals surface area contributed by atoms with Gasteiger partial charge in [-0.3, -0.25) is 4.79 Å². The molecule has 3 nitrogen and oxygen atoms in total. The van der Waals surface area contributed by atoms with E-state index in [0.717, 1.165) is 24.2 Å². The first kappa shape index (κ1) is 20.7. The number of carbonyl (C=O) groups excluding carboxylic acids is 1. The summed E-state index contributed by atoms with van der Waals surface area (Å²) in [5, 5.41) is 0.428. The summed E-state index contributed by atoms with van der Waals surface area (Å²) in [5.41, 5.74) is 2.97. The van der Waals surface area contributed by atoms with Crippen molar-refractivity contribution in [1.82, 2.24) is 4.98 Å². The number of nitrogens with zero attached hydrogens (tertiary/aromatic N) is 1. The van der Waals surface area contributed by atoms with Crippen LogP contribution in [0.2, 0.25) is 0 Å². The Morgan fingerprint density at radius 2 is 1.71 bits per heavy atom. The Kier molecular flexibility index (Phi) is 6.03. The van der Waals surface area contributed by atoms with E-state index in [1.54, 1.807) is 18.2 Å². The van der Waals surface area contributed by atoms with Crippen molar-refractivity contribution < 1.29 is 18.3 Å². The zero-order valence-electron chi connectivity index (χ0n) is 17.1. The Morgan fingerprint density at radius 1 is 0.935 bits per heavy atom. The number of pyridine rings is 1. The molecule has 0 radical (unpaired) electrons. The predicted octanol–water partition coefficient (Wildman–Crippen LogP) is 6.84. The highest BCUT2D eigenvalue weighted by Gasteiger charge is 2.12. The third-order valence-corrected chi connectivity index (χ3v) is 5.13. The molecule has 0 fully saturated rings. The second-order valence-corrected chi connectivity index (χ2v) is 7.30. The van der Waals surface area contributed by atoms with E-state index in [4.69, 9.17) is 4.74 Å². The van der Waals surface area contributed by atoms with Crippen molar-refractivity contribution in [3.05, 3.63) is 83.9 Å². The number of benzene rings is 3. The van der Waals surface area contributed by atoms with Gasteiger partial charge in [0.1, 0.15) is 17.4 Å². The van der Waals surface area contributed by atoms with Gasteiger partial charge < -0.3 is 4.74 Å². The molecule has 4 aromatic rings. The average Bonchev–Trinajstić information content (AvgIpc) is 2.79. The van der Waals surface area contributed by atoms with Crippen molar-refractivity contribution in [3.63, 3.8) is 0 Å². The second-order valence-electron chi connectivity index (χ2n) is 7.30. The van der Waals surface area contributed by atoms with Gasteiger partial charge >= 0.3 is 0 Å². The molecule has 0 spiro atoms. The van der Waals surface area contributed by atoms with Crippen molar-refractivity contribution in [2.24, 2.45) is 0 Å². The van der Waals surface area contributed by atoms with E-state index in [2.05, 4.69) is 11.9 Å². The van der Waals surface area contributed by atoms with Crippen LogP contribution in [0.1, 0.15) is 30.1 Å². The lowest BCUT2D eigenvalue weighted by Gasteiger charge is -2.10. The molecule has 0 saturated heterocycles. The third-order valence-electron chi connectivity index (χ3n) is 5.13. The first-order valence-electron chi connectivity index (χ1n) is 10.2. The Morgan fingerprint density at radius 3 is 2.42 bits per heavy atom. The molecule has 31 heavy (non-hydrogen) atoms. The van der Waals surface area contributed by atoms with Crippen molar-refractivity contribution in [3.8, 4) is 28.1 Å². The van der Waals surface area contributed by atoms with E-state index >= 15 is 0 Å². The minimum Gasteiger partial charge on any atom is -0.494 e. The van der Waals surface area contributed by atoms with Gasteiger partial charge in [-0.2, -0.15) is 0 Å². The van der Waals surface area contributed by atoms with E-state index in [9.17, 15) is 13.6 Å². The molecule has 0 aliphatic heterocycles. The fourth-order valence-corrected chi connectivity index (χ4v) is 3.44. The predicted molar refractivity (Wildman–Crippen MR) is 118 cm³/mol. The van der Waals surface area contributed by atoms with Gasteiger partial charge in [-0.15, -0.1) is 0 Å².